The Bertz CT molecular complexity index is 1060. The highest BCUT2D eigenvalue weighted by Gasteiger charge is 2.45. The molecule has 0 aromatic heterocycles. The fourth-order valence-electron chi connectivity index (χ4n) is 3.14. The van der Waals surface area contributed by atoms with E-state index in [4.69, 9.17) is 9.47 Å². The number of ketones is 1. The van der Waals surface area contributed by atoms with Gasteiger partial charge in [0.15, 0.2) is 28.8 Å². The summed E-state index contributed by atoms with van der Waals surface area (Å²) in [7, 11) is 0. The molecule has 1 heterocycles. The molecule has 0 bridgehead atoms. The van der Waals surface area contributed by atoms with Crippen molar-refractivity contribution < 1.29 is 60.2 Å². The van der Waals surface area contributed by atoms with E-state index in [0.29, 0.717) is 5.56 Å². The molecular formula is C21H22O12. The van der Waals surface area contributed by atoms with Gasteiger partial charge in [-0.2, -0.15) is 0 Å². The van der Waals surface area contributed by atoms with Gasteiger partial charge in [0.05, 0.1) is 6.61 Å². The molecule has 12 nitrogen and oxygen atoms in total. The molecule has 178 valence electrons. The summed E-state index contributed by atoms with van der Waals surface area (Å²) in [5.74, 6) is -5.23. The average Bonchev–Trinajstić information content (AvgIpc) is 2.78. The van der Waals surface area contributed by atoms with Crippen LogP contribution in [-0.2, 0) is 4.74 Å². The van der Waals surface area contributed by atoms with E-state index >= 15 is 0 Å². The second kappa shape index (κ2) is 9.52. The predicted octanol–water partition coefficient (Wildman–Crippen LogP) is -0.711. The van der Waals surface area contributed by atoms with E-state index in [2.05, 4.69) is 0 Å². The largest absolute Gasteiger partial charge is 0.507 e. The minimum absolute atomic E-state index is 0.310. The number of hydrogen-bond donors (Lipinski definition) is 9. The number of ether oxygens (including phenoxy) is 2. The maximum atomic E-state index is 12.5. The van der Waals surface area contributed by atoms with Crippen LogP contribution in [0.3, 0.4) is 0 Å². The van der Waals surface area contributed by atoms with Crippen LogP contribution < -0.4 is 4.74 Å². The number of carbonyl (C=O) groups excluding carboxylic acids is 1. The van der Waals surface area contributed by atoms with Crippen LogP contribution in [0.15, 0.2) is 30.3 Å². The summed E-state index contributed by atoms with van der Waals surface area (Å²) < 4.78 is 10.3. The molecule has 3 rings (SSSR count). The number of carbonyl (C=O) groups is 1. The normalized spacial score (nSPS) is 25.3. The standard InChI is InChI=1S/C21H22O12/c22-7-14-17(28)19(30)20(31)21(33-14)32-13-6-12(26)15(18(29)16(13)27)10(24)4-2-8-1-3-9(23)11(25)5-8/h1-6,14,17,19-23,25-31H,7H2/t14-,17-,19-,20+,21+/m1/s1. The van der Waals surface area contributed by atoms with E-state index < -0.39 is 77.4 Å². The van der Waals surface area contributed by atoms with E-state index in [-0.39, 0.29) is 5.75 Å². The van der Waals surface area contributed by atoms with Crippen LogP contribution in [0.1, 0.15) is 15.9 Å². The summed E-state index contributed by atoms with van der Waals surface area (Å²) >= 11 is 0. The Balaban J connectivity index is 1.84. The molecule has 0 spiro atoms. The molecule has 1 aliphatic heterocycles. The monoisotopic (exact) mass is 466 g/mol. The molecule has 33 heavy (non-hydrogen) atoms. The molecule has 2 aromatic rings. The number of allylic oxidation sites excluding steroid dienone is 1. The Kier molecular flexibility index (Phi) is 6.95. The van der Waals surface area contributed by atoms with Gasteiger partial charge in [-0.05, 0) is 23.8 Å². The quantitative estimate of drug-likeness (QED) is 0.112. The third-order valence-corrected chi connectivity index (χ3v) is 4.98. The first kappa shape index (κ1) is 24.1. The molecule has 12 heteroatoms. The highest BCUT2D eigenvalue weighted by Crippen LogP contribution is 2.44. The van der Waals surface area contributed by atoms with Gasteiger partial charge in [-0.3, -0.25) is 4.79 Å². The zero-order chi connectivity index (χ0) is 24.4. The number of rotatable bonds is 6. The van der Waals surface area contributed by atoms with Crippen molar-refractivity contribution in [2.75, 3.05) is 6.61 Å². The summed E-state index contributed by atoms with van der Waals surface area (Å²) in [5, 5.41) is 88.3. The van der Waals surface area contributed by atoms with Gasteiger partial charge in [-0.1, -0.05) is 12.1 Å². The molecular weight excluding hydrogens is 444 g/mol. The predicted molar refractivity (Wildman–Crippen MR) is 109 cm³/mol. The van der Waals surface area contributed by atoms with Crippen LogP contribution in [-0.4, -0.2) is 89.1 Å². The average molecular weight is 466 g/mol. The summed E-state index contributed by atoms with van der Waals surface area (Å²) in [6.45, 7) is -0.730. The summed E-state index contributed by atoms with van der Waals surface area (Å²) in [4.78, 5) is 12.5. The van der Waals surface area contributed by atoms with Crippen LogP contribution in [0.5, 0.6) is 34.5 Å². The van der Waals surface area contributed by atoms with Gasteiger partial charge in [0, 0.05) is 6.07 Å². The van der Waals surface area contributed by atoms with Crippen molar-refractivity contribution >= 4 is 11.9 Å². The lowest BCUT2D eigenvalue weighted by Crippen LogP contribution is -2.60. The van der Waals surface area contributed by atoms with Crippen molar-refractivity contribution in [1.82, 2.24) is 0 Å². The van der Waals surface area contributed by atoms with Crippen LogP contribution in [0.2, 0.25) is 0 Å². The first-order valence-electron chi connectivity index (χ1n) is 9.54. The maximum absolute atomic E-state index is 12.5. The smallest absolute Gasteiger partial charge is 0.229 e. The molecule has 2 aromatic carbocycles. The fourth-order valence-corrected chi connectivity index (χ4v) is 3.14. The molecule has 0 aliphatic carbocycles. The van der Waals surface area contributed by atoms with Gasteiger partial charge in [-0.15, -0.1) is 0 Å². The molecule has 5 atom stereocenters. The van der Waals surface area contributed by atoms with E-state index in [1.807, 2.05) is 0 Å². The molecule has 1 aliphatic rings. The molecule has 0 unspecified atom stereocenters. The number of phenolic OH excluding ortho intramolecular Hbond substituents is 5. The van der Waals surface area contributed by atoms with E-state index in [0.717, 1.165) is 18.2 Å². The lowest BCUT2D eigenvalue weighted by molar-refractivity contribution is -0.277. The Labute approximate surface area is 186 Å². The molecule has 0 amide bonds. The van der Waals surface area contributed by atoms with E-state index in [1.54, 1.807) is 0 Å². The second-order valence-electron chi connectivity index (χ2n) is 7.23. The minimum Gasteiger partial charge on any atom is -0.507 e. The zero-order valence-electron chi connectivity index (χ0n) is 16.8. The summed E-state index contributed by atoms with van der Waals surface area (Å²) in [6.07, 6.45) is -6.11. The SMILES string of the molecule is O=C(C=Cc1ccc(O)c(O)c1)c1c(O)cc(O[C@H]2O[C@H](CO)[C@@H](O)[C@@H](O)[C@@H]2O)c(O)c1O. The third-order valence-electron chi connectivity index (χ3n) is 4.98. The number of aromatic hydroxyl groups is 5. The Morgan fingerprint density at radius 1 is 0.909 bits per heavy atom. The molecule has 0 radical (unpaired) electrons. The number of aliphatic hydroxyl groups is 4. The van der Waals surface area contributed by atoms with E-state index in [1.165, 1.54) is 18.2 Å². The first-order chi connectivity index (χ1) is 15.5. The lowest BCUT2D eigenvalue weighted by atomic mass is 9.99. The van der Waals surface area contributed by atoms with Crippen molar-refractivity contribution in [2.45, 2.75) is 30.7 Å². The van der Waals surface area contributed by atoms with Crippen molar-refractivity contribution in [2.24, 2.45) is 0 Å². The van der Waals surface area contributed by atoms with Crippen molar-refractivity contribution in [3.05, 3.63) is 41.5 Å². The van der Waals surface area contributed by atoms with Crippen LogP contribution in [0.25, 0.3) is 6.08 Å². The molecule has 9 N–H and O–H groups in total. The number of hydrogen-bond acceptors (Lipinski definition) is 12. The van der Waals surface area contributed by atoms with Crippen LogP contribution >= 0.6 is 0 Å². The Hall–Kier alpha value is -3.55. The molecule has 1 saturated heterocycles. The van der Waals surface area contributed by atoms with Crippen molar-refractivity contribution in [3.8, 4) is 34.5 Å². The number of benzene rings is 2. The van der Waals surface area contributed by atoms with Gasteiger partial charge >= 0.3 is 0 Å². The topological polar surface area (TPSA) is 218 Å². The molecule has 1 fully saturated rings. The highest BCUT2D eigenvalue weighted by atomic mass is 16.7. The number of aliphatic hydroxyl groups excluding tert-OH is 4. The fraction of sp³-hybridized carbons (Fsp3) is 0.286. The highest BCUT2D eigenvalue weighted by molar-refractivity contribution is 6.11. The van der Waals surface area contributed by atoms with Crippen LogP contribution in [0, 0.1) is 0 Å². The first-order valence-corrected chi connectivity index (χ1v) is 9.54. The summed E-state index contributed by atoms with van der Waals surface area (Å²) in [6, 6.07) is 4.48. The summed E-state index contributed by atoms with van der Waals surface area (Å²) in [5.41, 5.74) is -0.377. The van der Waals surface area contributed by atoms with Crippen LogP contribution in [0.4, 0.5) is 0 Å². The van der Waals surface area contributed by atoms with Crippen molar-refractivity contribution in [3.63, 3.8) is 0 Å². The van der Waals surface area contributed by atoms with Gasteiger partial charge < -0.3 is 55.4 Å². The molecule has 0 saturated carbocycles. The van der Waals surface area contributed by atoms with Gasteiger partial charge in [0.1, 0.15) is 35.7 Å². The van der Waals surface area contributed by atoms with Crippen molar-refractivity contribution in [1.29, 1.82) is 0 Å². The van der Waals surface area contributed by atoms with Gasteiger partial charge in [-0.25, -0.2) is 0 Å². The second-order valence-corrected chi connectivity index (χ2v) is 7.23. The zero-order valence-corrected chi connectivity index (χ0v) is 16.8. The minimum atomic E-state index is -1.82. The van der Waals surface area contributed by atoms with Gasteiger partial charge in [0.2, 0.25) is 12.0 Å². The third kappa shape index (κ3) is 4.79. The Morgan fingerprint density at radius 2 is 1.61 bits per heavy atom. The number of phenols is 5. The Morgan fingerprint density at radius 3 is 2.24 bits per heavy atom. The van der Waals surface area contributed by atoms with Gasteiger partial charge in [0.25, 0.3) is 0 Å². The maximum Gasteiger partial charge on any atom is 0.229 e. The lowest BCUT2D eigenvalue weighted by Gasteiger charge is -2.39. The van der Waals surface area contributed by atoms with E-state index in [9.17, 15) is 50.8 Å².